The molecule has 0 atom stereocenters. The Morgan fingerprint density at radius 2 is 0.962 bits per heavy atom. The zero-order valence-electron chi connectivity index (χ0n) is 29.3. The molecule has 0 saturated heterocycles. The van der Waals surface area contributed by atoms with E-state index in [1.54, 1.807) is 0 Å². The highest BCUT2D eigenvalue weighted by molar-refractivity contribution is 6.11. The first kappa shape index (κ1) is 30.4. The number of anilines is 3. The number of rotatable bonds is 5. The van der Waals surface area contributed by atoms with Gasteiger partial charge in [0.2, 0.25) is 0 Å². The first-order valence-corrected chi connectivity index (χ1v) is 18.2. The maximum absolute atomic E-state index is 2.49. The Hall–Kier alpha value is -6.44. The molecule has 1 aliphatic rings. The zero-order valence-corrected chi connectivity index (χ0v) is 29.3. The SMILES string of the molecule is CC1(C)c2ccc(N(c3cccc(-c4ccccc4)c3)c3ccc4ccccc4c3-c3cccc4ccccc34)cc2-c2cc3ccccc3cc21. The fraction of sp³-hybridized carbons (Fsp3) is 0.0588. The van der Waals surface area contributed by atoms with E-state index < -0.39 is 0 Å². The van der Waals surface area contributed by atoms with Crippen molar-refractivity contribution in [2.75, 3.05) is 4.90 Å². The standard InChI is InChI=1S/C51H37N/c1-51(2)47-28-27-41(33-46(47)45-31-38-18-6-7-19-39(38)32-48(45)51)52(40-22-12-21-37(30-40)34-14-4-3-5-15-34)49-29-26-36-17-9-11-24-43(36)50(49)44-25-13-20-35-16-8-10-23-42(35)44/h3-33H,1-2H3. The number of benzene rings is 9. The lowest BCUT2D eigenvalue weighted by Gasteiger charge is -2.30. The minimum Gasteiger partial charge on any atom is -0.310 e. The lowest BCUT2D eigenvalue weighted by atomic mass is 9.82. The lowest BCUT2D eigenvalue weighted by Crippen LogP contribution is -2.15. The number of hydrogen-bond acceptors (Lipinski definition) is 1. The summed E-state index contributed by atoms with van der Waals surface area (Å²) in [4.78, 5) is 2.49. The molecule has 52 heavy (non-hydrogen) atoms. The second-order valence-corrected chi connectivity index (χ2v) is 14.6. The van der Waals surface area contributed by atoms with Crippen LogP contribution in [0.1, 0.15) is 25.0 Å². The third kappa shape index (κ3) is 4.77. The van der Waals surface area contributed by atoms with Gasteiger partial charge in [0.05, 0.1) is 5.69 Å². The van der Waals surface area contributed by atoms with Crippen LogP contribution in [-0.2, 0) is 5.41 Å². The van der Waals surface area contributed by atoms with Crippen LogP contribution in [0.2, 0.25) is 0 Å². The first-order valence-electron chi connectivity index (χ1n) is 18.2. The number of nitrogens with zero attached hydrogens (tertiary/aromatic N) is 1. The molecule has 0 aliphatic heterocycles. The molecule has 0 heterocycles. The zero-order chi connectivity index (χ0) is 34.8. The monoisotopic (exact) mass is 663 g/mol. The van der Waals surface area contributed by atoms with Gasteiger partial charge in [-0.3, -0.25) is 0 Å². The van der Waals surface area contributed by atoms with Gasteiger partial charge >= 0.3 is 0 Å². The van der Waals surface area contributed by atoms with E-state index in [9.17, 15) is 0 Å². The van der Waals surface area contributed by atoms with Crippen molar-refractivity contribution in [3.8, 4) is 33.4 Å². The average molecular weight is 664 g/mol. The van der Waals surface area contributed by atoms with Gasteiger partial charge in [0.1, 0.15) is 0 Å². The number of fused-ring (bicyclic) bond motifs is 6. The molecule has 1 nitrogen and oxygen atoms in total. The molecule has 0 saturated carbocycles. The maximum Gasteiger partial charge on any atom is 0.0546 e. The van der Waals surface area contributed by atoms with Gasteiger partial charge in [0.25, 0.3) is 0 Å². The van der Waals surface area contributed by atoms with Crippen molar-refractivity contribution < 1.29 is 0 Å². The third-order valence-corrected chi connectivity index (χ3v) is 11.2. The Labute approximate surface area is 305 Å². The summed E-state index contributed by atoms with van der Waals surface area (Å²) < 4.78 is 0. The lowest BCUT2D eigenvalue weighted by molar-refractivity contribution is 0.661. The van der Waals surface area contributed by atoms with Crippen LogP contribution in [0.25, 0.3) is 65.7 Å². The highest BCUT2D eigenvalue weighted by Gasteiger charge is 2.36. The Morgan fingerprint density at radius 3 is 1.77 bits per heavy atom. The van der Waals surface area contributed by atoms with Gasteiger partial charge in [-0.15, -0.1) is 0 Å². The van der Waals surface area contributed by atoms with Crippen LogP contribution >= 0.6 is 0 Å². The van der Waals surface area contributed by atoms with Gasteiger partial charge in [-0.2, -0.15) is 0 Å². The van der Waals surface area contributed by atoms with E-state index in [1.807, 2.05) is 0 Å². The molecule has 9 aromatic carbocycles. The van der Waals surface area contributed by atoms with E-state index in [0.29, 0.717) is 0 Å². The molecule has 0 fully saturated rings. The predicted molar refractivity (Wildman–Crippen MR) is 222 cm³/mol. The van der Waals surface area contributed by atoms with Crippen molar-refractivity contribution >= 4 is 49.4 Å². The van der Waals surface area contributed by atoms with E-state index in [1.165, 1.54) is 76.8 Å². The molecule has 0 aromatic heterocycles. The van der Waals surface area contributed by atoms with Crippen molar-refractivity contribution in [3.63, 3.8) is 0 Å². The molecule has 1 aliphatic carbocycles. The summed E-state index contributed by atoms with van der Waals surface area (Å²) in [7, 11) is 0. The smallest absolute Gasteiger partial charge is 0.0546 e. The Balaban J connectivity index is 1.27. The molecule has 0 N–H and O–H groups in total. The summed E-state index contributed by atoms with van der Waals surface area (Å²) in [5, 5.41) is 7.51. The molecule has 9 aromatic rings. The Morgan fingerprint density at radius 1 is 0.365 bits per heavy atom. The second kappa shape index (κ2) is 11.8. The molecule has 0 amide bonds. The van der Waals surface area contributed by atoms with Crippen LogP contribution < -0.4 is 4.90 Å². The largest absolute Gasteiger partial charge is 0.310 e. The van der Waals surface area contributed by atoms with E-state index in [4.69, 9.17) is 0 Å². The summed E-state index contributed by atoms with van der Waals surface area (Å²) in [5.74, 6) is 0. The van der Waals surface area contributed by atoms with E-state index in [2.05, 4.69) is 207 Å². The highest BCUT2D eigenvalue weighted by Crippen LogP contribution is 2.53. The van der Waals surface area contributed by atoms with Crippen molar-refractivity contribution in [2.24, 2.45) is 0 Å². The Bertz CT molecular complexity index is 2820. The summed E-state index contributed by atoms with van der Waals surface area (Å²) in [6.45, 7) is 4.74. The molecule has 246 valence electrons. The third-order valence-electron chi connectivity index (χ3n) is 11.2. The summed E-state index contributed by atoms with van der Waals surface area (Å²) in [5.41, 5.74) is 13.5. The molecule has 0 unspecified atom stereocenters. The van der Waals surface area contributed by atoms with Crippen LogP contribution in [0.15, 0.2) is 188 Å². The minimum atomic E-state index is -0.109. The second-order valence-electron chi connectivity index (χ2n) is 14.6. The van der Waals surface area contributed by atoms with E-state index >= 15 is 0 Å². The van der Waals surface area contributed by atoms with Crippen LogP contribution in [-0.4, -0.2) is 0 Å². The van der Waals surface area contributed by atoms with Crippen LogP contribution in [0.5, 0.6) is 0 Å². The summed E-state index contributed by atoms with van der Waals surface area (Å²) >= 11 is 0. The fourth-order valence-corrected chi connectivity index (χ4v) is 8.62. The van der Waals surface area contributed by atoms with Crippen molar-refractivity contribution in [1.29, 1.82) is 0 Å². The Kier molecular flexibility index (Phi) is 6.91. The van der Waals surface area contributed by atoms with Crippen LogP contribution in [0.3, 0.4) is 0 Å². The van der Waals surface area contributed by atoms with Gasteiger partial charge in [-0.1, -0.05) is 159 Å². The van der Waals surface area contributed by atoms with Gasteiger partial charge < -0.3 is 4.90 Å². The molecule has 0 radical (unpaired) electrons. The molecule has 0 bridgehead atoms. The van der Waals surface area contributed by atoms with Gasteiger partial charge in [0, 0.05) is 22.4 Å². The minimum absolute atomic E-state index is 0.109. The fourth-order valence-electron chi connectivity index (χ4n) is 8.62. The van der Waals surface area contributed by atoms with Crippen LogP contribution in [0.4, 0.5) is 17.1 Å². The van der Waals surface area contributed by atoms with Crippen molar-refractivity contribution in [2.45, 2.75) is 19.3 Å². The predicted octanol–water partition coefficient (Wildman–Crippen LogP) is 14.3. The highest BCUT2D eigenvalue weighted by atomic mass is 15.1. The quantitative estimate of drug-likeness (QED) is 0.177. The van der Waals surface area contributed by atoms with E-state index in [-0.39, 0.29) is 5.41 Å². The first-order chi connectivity index (χ1) is 25.5. The van der Waals surface area contributed by atoms with Gasteiger partial charge in [-0.05, 0) is 114 Å². The van der Waals surface area contributed by atoms with Crippen molar-refractivity contribution in [1.82, 2.24) is 0 Å². The topological polar surface area (TPSA) is 3.24 Å². The molecule has 0 spiro atoms. The van der Waals surface area contributed by atoms with E-state index in [0.717, 1.165) is 17.1 Å². The normalized spacial score (nSPS) is 13.0. The van der Waals surface area contributed by atoms with Crippen molar-refractivity contribution in [3.05, 3.63) is 199 Å². The molecular formula is C51H37N. The summed E-state index contributed by atoms with van der Waals surface area (Å²) in [6, 6.07) is 69.3. The average Bonchev–Trinajstić information content (AvgIpc) is 3.41. The maximum atomic E-state index is 2.49. The van der Waals surface area contributed by atoms with Gasteiger partial charge in [0.15, 0.2) is 0 Å². The summed E-state index contributed by atoms with van der Waals surface area (Å²) in [6.07, 6.45) is 0. The van der Waals surface area contributed by atoms with Crippen LogP contribution in [0, 0.1) is 0 Å². The number of hydrogen-bond donors (Lipinski definition) is 0. The molecule has 1 heteroatoms. The van der Waals surface area contributed by atoms with Gasteiger partial charge in [-0.25, -0.2) is 0 Å². The molecular weight excluding hydrogens is 627 g/mol. The molecule has 10 rings (SSSR count).